The minimum Gasteiger partial charge on any atom is -0.485 e. The van der Waals surface area contributed by atoms with Crippen LogP contribution in [0.1, 0.15) is 36.8 Å². The minimum atomic E-state index is -0.269. The SMILES string of the molecule is CC(=O)C(C)n1c(COc2cc(C)ccc2C)nc2ccccc21. The lowest BCUT2D eigenvalue weighted by molar-refractivity contribution is -0.119. The molecule has 3 aromatic rings. The van der Waals surface area contributed by atoms with Crippen LogP contribution in [0.3, 0.4) is 0 Å². The number of aromatic nitrogens is 2. The summed E-state index contributed by atoms with van der Waals surface area (Å²) >= 11 is 0. The second kappa shape index (κ2) is 6.48. The van der Waals surface area contributed by atoms with Crippen molar-refractivity contribution in [1.82, 2.24) is 9.55 Å². The van der Waals surface area contributed by atoms with E-state index in [-0.39, 0.29) is 11.8 Å². The van der Waals surface area contributed by atoms with E-state index in [9.17, 15) is 4.79 Å². The van der Waals surface area contributed by atoms with E-state index in [1.165, 1.54) is 0 Å². The van der Waals surface area contributed by atoms with Gasteiger partial charge in [0.2, 0.25) is 0 Å². The lowest BCUT2D eigenvalue weighted by Gasteiger charge is -2.16. The summed E-state index contributed by atoms with van der Waals surface area (Å²) in [6.07, 6.45) is 0. The Hall–Kier alpha value is -2.62. The molecule has 0 spiro atoms. The molecule has 0 aliphatic carbocycles. The molecule has 1 unspecified atom stereocenters. The first-order valence-electron chi connectivity index (χ1n) is 8.13. The number of aryl methyl sites for hydroxylation is 2. The van der Waals surface area contributed by atoms with Crippen molar-refractivity contribution >= 4 is 16.8 Å². The Morgan fingerprint density at radius 3 is 2.71 bits per heavy atom. The van der Waals surface area contributed by atoms with Crippen LogP contribution in [0.2, 0.25) is 0 Å². The maximum Gasteiger partial charge on any atom is 0.152 e. The van der Waals surface area contributed by atoms with E-state index in [1.807, 2.05) is 61.7 Å². The van der Waals surface area contributed by atoms with Gasteiger partial charge < -0.3 is 9.30 Å². The Labute approximate surface area is 142 Å². The van der Waals surface area contributed by atoms with Gasteiger partial charge in [0.05, 0.1) is 17.1 Å². The fourth-order valence-corrected chi connectivity index (χ4v) is 2.82. The summed E-state index contributed by atoms with van der Waals surface area (Å²) < 4.78 is 7.98. The van der Waals surface area contributed by atoms with Gasteiger partial charge >= 0.3 is 0 Å². The fourth-order valence-electron chi connectivity index (χ4n) is 2.82. The maximum atomic E-state index is 11.9. The number of fused-ring (bicyclic) bond motifs is 1. The van der Waals surface area contributed by atoms with Gasteiger partial charge in [0.15, 0.2) is 5.78 Å². The molecule has 4 heteroatoms. The topological polar surface area (TPSA) is 44.1 Å². The number of ether oxygens (including phenoxy) is 1. The molecule has 2 aromatic carbocycles. The van der Waals surface area contributed by atoms with Crippen molar-refractivity contribution in [2.45, 2.75) is 40.3 Å². The Morgan fingerprint density at radius 1 is 1.21 bits per heavy atom. The highest BCUT2D eigenvalue weighted by Crippen LogP contribution is 2.24. The predicted molar refractivity (Wildman–Crippen MR) is 95.4 cm³/mol. The number of benzene rings is 2. The molecule has 0 radical (unpaired) electrons. The first-order chi connectivity index (χ1) is 11.5. The number of rotatable bonds is 5. The maximum absolute atomic E-state index is 11.9. The van der Waals surface area contributed by atoms with Gasteiger partial charge in [-0.15, -0.1) is 0 Å². The van der Waals surface area contributed by atoms with Gasteiger partial charge in [0.1, 0.15) is 18.2 Å². The van der Waals surface area contributed by atoms with Crippen molar-refractivity contribution in [2.24, 2.45) is 0 Å². The fraction of sp³-hybridized carbons (Fsp3) is 0.300. The normalized spacial score (nSPS) is 12.3. The zero-order chi connectivity index (χ0) is 17.3. The van der Waals surface area contributed by atoms with Crippen molar-refractivity contribution < 1.29 is 9.53 Å². The smallest absolute Gasteiger partial charge is 0.152 e. The Balaban J connectivity index is 1.98. The third-order valence-corrected chi connectivity index (χ3v) is 4.34. The zero-order valence-electron chi connectivity index (χ0n) is 14.5. The summed E-state index contributed by atoms with van der Waals surface area (Å²) in [6, 6.07) is 13.7. The van der Waals surface area contributed by atoms with Crippen LogP contribution in [0.15, 0.2) is 42.5 Å². The van der Waals surface area contributed by atoms with Gasteiger partial charge in [-0.3, -0.25) is 4.79 Å². The molecule has 0 amide bonds. The quantitative estimate of drug-likeness (QED) is 0.700. The first-order valence-corrected chi connectivity index (χ1v) is 8.13. The van der Waals surface area contributed by atoms with E-state index in [4.69, 9.17) is 4.74 Å². The van der Waals surface area contributed by atoms with Crippen molar-refractivity contribution in [3.63, 3.8) is 0 Å². The second-order valence-electron chi connectivity index (χ2n) is 6.23. The number of carbonyl (C=O) groups excluding carboxylic acids is 1. The Bertz CT molecular complexity index is 896. The number of Topliss-reactive ketones (excluding diaryl/α,β-unsaturated/α-hetero) is 1. The molecule has 0 bridgehead atoms. The lowest BCUT2D eigenvalue weighted by atomic mass is 10.1. The molecule has 4 nitrogen and oxygen atoms in total. The van der Waals surface area contributed by atoms with Crippen LogP contribution in [0.25, 0.3) is 11.0 Å². The van der Waals surface area contributed by atoms with Gasteiger partial charge in [-0.05, 0) is 57.0 Å². The highest BCUT2D eigenvalue weighted by molar-refractivity contribution is 5.83. The van der Waals surface area contributed by atoms with E-state index in [1.54, 1.807) is 6.92 Å². The molecular formula is C20H22N2O2. The van der Waals surface area contributed by atoms with Crippen LogP contribution in [-0.4, -0.2) is 15.3 Å². The zero-order valence-corrected chi connectivity index (χ0v) is 14.5. The predicted octanol–water partition coefficient (Wildman–Crippen LogP) is 4.38. The van der Waals surface area contributed by atoms with Gasteiger partial charge in [-0.1, -0.05) is 24.3 Å². The number of nitrogens with zero attached hydrogens (tertiary/aromatic N) is 2. The summed E-state index contributed by atoms with van der Waals surface area (Å²) in [6.45, 7) is 7.90. The van der Waals surface area contributed by atoms with E-state index in [2.05, 4.69) is 11.1 Å². The Kier molecular flexibility index (Phi) is 4.38. The number of carbonyl (C=O) groups is 1. The average Bonchev–Trinajstić information content (AvgIpc) is 2.93. The summed E-state index contributed by atoms with van der Waals surface area (Å²) in [7, 11) is 0. The van der Waals surface area contributed by atoms with Gasteiger partial charge in [-0.2, -0.15) is 0 Å². The van der Waals surface area contributed by atoms with Crippen LogP contribution in [-0.2, 0) is 11.4 Å². The lowest BCUT2D eigenvalue weighted by Crippen LogP contribution is -2.17. The molecule has 0 saturated carbocycles. The molecule has 1 heterocycles. The molecule has 0 aliphatic heterocycles. The molecular weight excluding hydrogens is 300 g/mol. The van der Waals surface area contributed by atoms with E-state index >= 15 is 0 Å². The summed E-state index contributed by atoms with van der Waals surface area (Å²) in [5.41, 5.74) is 4.08. The van der Waals surface area contributed by atoms with Crippen molar-refractivity contribution in [3.05, 3.63) is 59.4 Å². The summed E-state index contributed by atoms with van der Waals surface area (Å²) in [4.78, 5) is 16.6. The van der Waals surface area contributed by atoms with Crippen LogP contribution >= 0.6 is 0 Å². The Morgan fingerprint density at radius 2 is 1.96 bits per heavy atom. The monoisotopic (exact) mass is 322 g/mol. The van der Waals surface area contributed by atoms with Crippen molar-refractivity contribution in [1.29, 1.82) is 0 Å². The molecule has 0 saturated heterocycles. The van der Waals surface area contributed by atoms with Crippen LogP contribution in [0, 0.1) is 13.8 Å². The molecule has 1 aromatic heterocycles. The number of imidazole rings is 1. The number of hydrogen-bond donors (Lipinski definition) is 0. The summed E-state index contributed by atoms with van der Waals surface area (Å²) in [5, 5.41) is 0. The molecule has 24 heavy (non-hydrogen) atoms. The highest BCUT2D eigenvalue weighted by atomic mass is 16.5. The van der Waals surface area contributed by atoms with E-state index < -0.39 is 0 Å². The minimum absolute atomic E-state index is 0.103. The number of para-hydroxylation sites is 2. The highest BCUT2D eigenvalue weighted by Gasteiger charge is 2.19. The number of hydrogen-bond acceptors (Lipinski definition) is 3. The third kappa shape index (κ3) is 3.04. The first kappa shape index (κ1) is 16.2. The molecule has 0 fully saturated rings. The van der Waals surface area contributed by atoms with Crippen LogP contribution in [0.4, 0.5) is 0 Å². The van der Waals surface area contributed by atoms with Crippen molar-refractivity contribution in [3.8, 4) is 5.75 Å². The number of ketones is 1. The second-order valence-corrected chi connectivity index (χ2v) is 6.23. The van der Waals surface area contributed by atoms with Gasteiger partial charge in [0.25, 0.3) is 0 Å². The summed E-state index contributed by atoms with van der Waals surface area (Å²) in [5.74, 6) is 1.72. The molecule has 124 valence electrons. The molecule has 1 atom stereocenters. The molecule has 0 N–H and O–H groups in total. The van der Waals surface area contributed by atoms with E-state index in [0.29, 0.717) is 6.61 Å². The van der Waals surface area contributed by atoms with Crippen LogP contribution in [0.5, 0.6) is 5.75 Å². The standard InChI is InChI=1S/C20H22N2O2/c1-13-9-10-14(2)19(11-13)24-12-20-21-17-7-5-6-8-18(17)22(20)15(3)16(4)23/h5-11,15H,12H2,1-4H3. The van der Waals surface area contributed by atoms with Crippen LogP contribution < -0.4 is 4.74 Å². The van der Waals surface area contributed by atoms with Gasteiger partial charge in [-0.25, -0.2) is 4.98 Å². The third-order valence-electron chi connectivity index (χ3n) is 4.34. The average molecular weight is 322 g/mol. The van der Waals surface area contributed by atoms with E-state index in [0.717, 1.165) is 33.7 Å². The van der Waals surface area contributed by atoms with Crippen molar-refractivity contribution in [2.75, 3.05) is 0 Å². The molecule has 0 aliphatic rings. The largest absolute Gasteiger partial charge is 0.485 e. The van der Waals surface area contributed by atoms with Gasteiger partial charge in [0, 0.05) is 0 Å². The molecule has 3 rings (SSSR count).